The van der Waals surface area contributed by atoms with Crippen LogP contribution >= 0.6 is 0 Å². The van der Waals surface area contributed by atoms with Crippen molar-refractivity contribution in [2.45, 2.75) is 32.4 Å². The van der Waals surface area contributed by atoms with Crippen molar-refractivity contribution in [3.63, 3.8) is 0 Å². The quantitative estimate of drug-likeness (QED) is 0.625. The largest absolute Gasteiger partial charge is 0.365 e. The number of rotatable bonds is 1. The van der Waals surface area contributed by atoms with Crippen molar-refractivity contribution in [1.29, 1.82) is 0 Å². The van der Waals surface area contributed by atoms with Crippen LogP contribution in [0.1, 0.15) is 20.8 Å². The van der Waals surface area contributed by atoms with Gasteiger partial charge in [0.25, 0.3) is 0 Å². The molecule has 1 aliphatic rings. The predicted octanol–water partition coefficient (Wildman–Crippen LogP) is -0.0290. The number of carbonyl (C=O) groups excluding carboxylic acids is 1. The van der Waals surface area contributed by atoms with E-state index in [9.17, 15) is 4.79 Å². The molecule has 1 fully saturated rings. The van der Waals surface area contributed by atoms with Gasteiger partial charge >= 0.3 is 0 Å². The summed E-state index contributed by atoms with van der Waals surface area (Å²) in [5, 5.41) is 0. The summed E-state index contributed by atoms with van der Waals surface area (Å²) in [7, 11) is 0. The molecule has 1 heterocycles. The molecule has 0 bridgehead atoms. The summed E-state index contributed by atoms with van der Waals surface area (Å²) in [5.74, 6) is 0.0530. The molecule has 1 aliphatic heterocycles. The minimum Gasteiger partial charge on any atom is -0.365 e. The lowest BCUT2D eigenvalue weighted by Crippen LogP contribution is -2.56. The molecule has 2 N–H and O–H groups in total. The van der Waals surface area contributed by atoms with Crippen LogP contribution in [-0.4, -0.2) is 42.1 Å². The second-order valence-corrected chi connectivity index (χ2v) is 4.34. The summed E-state index contributed by atoms with van der Waals surface area (Å²) in [4.78, 5) is 13.3. The van der Waals surface area contributed by atoms with Crippen molar-refractivity contribution < 1.29 is 9.53 Å². The highest BCUT2D eigenvalue weighted by Crippen LogP contribution is 2.17. The number of amides is 1. The molecule has 0 unspecified atom stereocenters. The number of nitrogens with two attached hydrogens (primary N) is 1. The molecule has 4 heteroatoms. The van der Waals surface area contributed by atoms with Crippen LogP contribution in [0.2, 0.25) is 0 Å². The Morgan fingerprint density at radius 1 is 1.62 bits per heavy atom. The average Bonchev–Trinajstić information content (AvgIpc) is 2.03. The van der Waals surface area contributed by atoms with Gasteiger partial charge in [-0.2, -0.15) is 0 Å². The summed E-state index contributed by atoms with van der Waals surface area (Å²) >= 11 is 0. The van der Waals surface area contributed by atoms with E-state index in [0.29, 0.717) is 13.1 Å². The van der Waals surface area contributed by atoms with Crippen molar-refractivity contribution in [3.8, 4) is 0 Å². The third-order valence-electron chi connectivity index (χ3n) is 2.20. The van der Waals surface area contributed by atoms with Gasteiger partial charge in [-0.05, 0) is 20.8 Å². The van der Waals surface area contributed by atoms with Crippen molar-refractivity contribution in [1.82, 2.24) is 4.90 Å². The van der Waals surface area contributed by atoms with E-state index in [1.807, 2.05) is 25.7 Å². The first kappa shape index (κ1) is 10.5. The van der Waals surface area contributed by atoms with Gasteiger partial charge in [-0.3, -0.25) is 4.79 Å². The van der Waals surface area contributed by atoms with Crippen molar-refractivity contribution >= 4 is 5.91 Å². The number of carbonyl (C=O) groups is 1. The first-order valence-corrected chi connectivity index (χ1v) is 4.57. The molecule has 76 valence electrons. The molecule has 13 heavy (non-hydrogen) atoms. The van der Waals surface area contributed by atoms with Gasteiger partial charge in [-0.1, -0.05) is 0 Å². The van der Waals surface area contributed by atoms with E-state index in [2.05, 4.69) is 0 Å². The molecule has 1 saturated heterocycles. The molecule has 0 aliphatic carbocycles. The van der Waals surface area contributed by atoms with Crippen LogP contribution in [-0.2, 0) is 9.53 Å². The zero-order valence-electron chi connectivity index (χ0n) is 8.54. The number of hydrogen-bond donors (Lipinski definition) is 1. The highest BCUT2D eigenvalue weighted by molar-refractivity contribution is 5.78. The molecule has 0 aromatic heterocycles. The minimum atomic E-state index is -0.131. The van der Waals surface area contributed by atoms with Gasteiger partial charge in [0.2, 0.25) is 5.91 Å². The maximum atomic E-state index is 11.5. The number of morpholine rings is 1. The summed E-state index contributed by atoms with van der Waals surface area (Å²) in [6.07, 6.45) is -0.00285. The van der Waals surface area contributed by atoms with Crippen molar-refractivity contribution in [2.75, 3.05) is 19.7 Å². The van der Waals surface area contributed by atoms with E-state index in [0.717, 1.165) is 0 Å². The normalized spacial score (nSPS) is 25.1. The summed E-state index contributed by atoms with van der Waals surface area (Å²) in [5.41, 5.74) is 5.36. The Hall–Kier alpha value is -0.610. The van der Waals surface area contributed by atoms with Crippen LogP contribution in [0.25, 0.3) is 0 Å². The van der Waals surface area contributed by atoms with Gasteiger partial charge in [-0.25, -0.2) is 0 Å². The van der Waals surface area contributed by atoms with Gasteiger partial charge in [0.1, 0.15) is 6.61 Å². The maximum Gasteiger partial charge on any atom is 0.249 e. The Morgan fingerprint density at radius 3 is 2.69 bits per heavy atom. The SMILES string of the molecule is CC(C)(C)N1C[C@@H](CN)OCC1=O. The Kier molecular flexibility index (Phi) is 2.93. The third-order valence-corrected chi connectivity index (χ3v) is 2.20. The molecule has 1 atom stereocenters. The lowest BCUT2D eigenvalue weighted by molar-refractivity contribution is -0.155. The smallest absolute Gasteiger partial charge is 0.249 e. The molecule has 0 radical (unpaired) electrons. The molecule has 0 aromatic rings. The van der Waals surface area contributed by atoms with Crippen LogP contribution in [0.5, 0.6) is 0 Å². The van der Waals surface area contributed by atoms with Gasteiger partial charge in [0, 0.05) is 18.6 Å². The molecular formula is C9H18N2O2. The number of ether oxygens (including phenoxy) is 1. The van der Waals surface area contributed by atoms with E-state index >= 15 is 0 Å². The fraction of sp³-hybridized carbons (Fsp3) is 0.889. The molecule has 0 spiro atoms. The molecular weight excluding hydrogens is 168 g/mol. The average molecular weight is 186 g/mol. The van der Waals surface area contributed by atoms with Gasteiger partial charge in [-0.15, -0.1) is 0 Å². The Morgan fingerprint density at radius 2 is 2.23 bits per heavy atom. The lowest BCUT2D eigenvalue weighted by Gasteiger charge is -2.41. The summed E-state index contributed by atoms with van der Waals surface area (Å²) in [6.45, 7) is 7.30. The van der Waals surface area contributed by atoms with Crippen LogP contribution < -0.4 is 5.73 Å². The monoisotopic (exact) mass is 186 g/mol. The lowest BCUT2D eigenvalue weighted by atomic mass is 10.0. The van der Waals surface area contributed by atoms with Gasteiger partial charge in [0.05, 0.1) is 6.10 Å². The second-order valence-electron chi connectivity index (χ2n) is 4.34. The second kappa shape index (κ2) is 3.64. The Balaban J connectivity index is 2.66. The van der Waals surface area contributed by atoms with E-state index < -0.39 is 0 Å². The van der Waals surface area contributed by atoms with Crippen molar-refractivity contribution in [2.24, 2.45) is 5.73 Å². The molecule has 1 amide bonds. The van der Waals surface area contributed by atoms with E-state index in [1.54, 1.807) is 0 Å². The Bertz CT molecular complexity index is 198. The number of nitrogens with zero attached hydrogens (tertiary/aromatic N) is 1. The third kappa shape index (κ3) is 2.42. The van der Waals surface area contributed by atoms with E-state index in [1.165, 1.54) is 0 Å². The summed E-state index contributed by atoms with van der Waals surface area (Å²) < 4.78 is 5.25. The molecule has 0 saturated carbocycles. The van der Waals surface area contributed by atoms with Crippen LogP contribution in [0.4, 0.5) is 0 Å². The highest BCUT2D eigenvalue weighted by atomic mass is 16.5. The van der Waals surface area contributed by atoms with Gasteiger partial charge < -0.3 is 15.4 Å². The van der Waals surface area contributed by atoms with Crippen molar-refractivity contribution in [3.05, 3.63) is 0 Å². The van der Waals surface area contributed by atoms with E-state index in [-0.39, 0.29) is 24.2 Å². The Labute approximate surface area is 79.0 Å². The van der Waals surface area contributed by atoms with Crippen LogP contribution in [0, 0.1) is 0 Å². The zero-order valence-corrected chi connectivity index (χ0v) is 8.54. The standard InChI is InChI=1S/C9H18N2O2/c1-9(2,3)11-5-7(4-10)13-6-8(11)12/h7H,4-6,10H2,1-3H3/t7-/m1/s1. The first-order valence-electron chi connectivity index (χ1n) is 4.57. The predicted molar refractivity (Wildman–Crippen MR) is 50.3 cm³/mol. The minimum absolute atomic E-state index is 0.00285. The van der Waals surface area contributed by atoms with Gasteiger partial charge in [0.15, 0.2) is 0 Å². The summed E-state index contributed by atoms with van der Waals surface area (Å²) in [6, 6.07) is 0. The highest BCUT2D eigenvalue weighted by Gasteiger charge is 2.32. The topological polar surface area (TPSA) is 55.6 Å². The zero-order chi connectivity index (χ0) is 10.1. The number of hydrogen-bond acceptors (Lipinski definition) is 3. The molecule has 1 rings (SSSR count). The fourth-order valence-electron chi connectivity index (χ4n) is 1.42. The molecule has 0 aromatic carbocycles. The van der Waals surface area contributed by atoms with E-state index in [4.69, 9.17) is 10.5 Å². The molecule has 4 nitrogen and oxygen atoms in total. The fourth-order valence-corrected chi connectivity index (χ4v) is 1.42. The maximum absolute atomic E-state index is 11.5. The first-order chi connectivity index (χ1) is 5.95. The van der Waals surface area contributed by atoms with Crippen LogP contribution in [0.3, 0.4) is 0 Å². The van der Waals surface area contributed by atoms with Crippen LogP contribution in [0.15, 0.2) is 0 Å².